The largest absolute Gasteiger partial charge is 0.0705 e. The summed E-state index contributed by atoms with van der Waals surface area (Å²) >= 11 is 0. The molecule has 8 heavy (non-hydrogen) atoms. The third-order valence-corrected chi connectivity index (χ3v) is 4.54. The molecule has 0 aliphatic heterocycles. The fraction of sp³-hybridized carbons (Fsp3) is 1.00. The summed E-state index contributed by atoms with van der Waals surface area (Å²) in [4.78, 5) is 0. The molecule has 0 saturated heterocycles. The van der Waals surface area contributed by atoms with Crippen LogP contribution in [-0.2, 0) is 32.7 Å². The van der Waals surface area contributed by atoms with Crippen LogP contribution < -0.4 is 0 Å². The Balaban J connectivity index is 0. The molecule has 0 aliphatic carbocycles. The van der Waals surface area contributed by atoms with Crippen molar-refractivity contribution in [1.82, 2.24) is 0 Å². The van der Waals surface area contributed by atoms with Gasteiger partial charge in [-0.3, -0.25) is 0 Å². The molecule has 0 rings (SSSR count). The molecular formula is C6H16PY+. The maximum atomic E-state index is 7.43. The van der Waals surface area contributed by atoms with Crippen molar-refractivity contribution >= 4 is 7.26 Å². The van der Waals surface area contributed by atoms with E-state index in [0.717, 1.165) is 0 Å². The zero-order valence-electron chi connectivity index (χ0n) is 7.31. The van der Waals surface area contributed by atoms with Crippen LogP contribution in [0.1, 0.15) is 15.2 Å². The summed E-state index contributed by atoms with van der Waals surface area (Å²) in [5, 5.41) is 0. The van der Waals surface area contributed by atoms with Crippen LogP contribution in [0.2, 0.25) is 0 Å². The van der Waals surface area contributed by atoms with Crippen molar-refractivity contribution in [3.05, 3.63) is 0 Å². The molecule has 0 aliphatic rings. The van der Waals surface area contributed by atoms with E-state index < -0.39 is 7.26 Å². The maximum absolute atomic E-state index is 7.43. The second-order valence-corrected chi connectivity index (χ2v) is 7.06. The van der Waals surface area contributed by atoms with Gasteiger partial charge in [0.25, 0.3) is 0 Å². The van der Waals surface area contributed by atoms with Crippen LogP contribution >= 0.6 is 7.26 Å². The van der Waals surface area contributed by atoms with Crippen LogP contribution in [-0.4, -0.2) is 25.6 Å². The minimum atomic E-state index is -0.829. The summed E-state index contributed by atoms with van der Waals surface area (Å²) < 4.78 is 7.43. The maximum Gasteiger partial charge on any atom is 0.0705 e. The second-order valence-electron chi connectivity index (χ2n) is 2.35. The molecule has 0 bridgehead atoms. The molecule has 0 amide bonds. The van der Waals surface area contributed by atoms with E-state index >= 15 is 0 Å². The fourth-order valence-corrected chi connectivity index (χ4v) is 0.548. The first kappa shape index (κ1) is 9.53. The van der Waals surface area contributed by atoms with Gasteiger partial charge >= 0.3 is 0 Å². The van der Waals surface area contributed by atoms with Crippen molar-refractivity contribution in [2.24, 2.45) is 0 Å². The molecular weight excluding hydrogens is 192 g/mol. The molecule has 0 aromatic heterocycles. The van der Waals surface area contributed by atoms with Gasteiger partial charge in [0.05, 0.1) is 13.7 Å². The van der Waals surface area contributed by atoms with Crippen LogP contribution in [0.25, 0.3) is 0 Å². The Bertz CT molecular complexity index is 73.5. The van der Waals surface area contributed by atoms with Gasteiger partial charge in [-0.15, -0.1) is 0 Å². The Morgan fingerprint density at radius 1 is 1.38 bits per heavy atom. The molecule has 1 radical (unpaired) electrons. The third kappa shape index (κ3) is 5.67. The van der Waals surface area contributed by atoms with Crippen LogP contribution in [0.15, 0.2) is 0 Å². The van der Waals surface area contributed by atoms with Gasteiger partial charge in [0, 0.05) is 53.3 Å². The normalized spacial score (nSPS) is 16.2. The predicted molar refractivity (Wildman–Crippen MR) is 39.9 cm³/mol. The molecule has 47 valence electrons. The Morgan fingerprint density at radius 3 is 1.75 bits per heavy atom. The number of hydrogen-bond donors (Lipinski definition) is 0. The molecule has 0 aromatic carbocycles. The monoisotopic (exact) mass is 209 g/mol. The summed E-state index contributed by atoms with van der Waals surface area (Å²) in [6.45, 7) is 8.66. The van der Waals surface area contributed by atoms with Gasteiger partial charge in [-0.1, -0.05) is 0 Å². The molecule has 0 saturated carbocycles. The number of rotatable bonds is 2. The Labute approximate surface area is 80.4 Å². The first-order chi connectivity index (χ1) is 3.50. The summed E-state index contributed by atoms with van der Waals surface area (Å²) in [6.07, 6.45) is 1.38. The van der Waals surface area contributed by atoms with Crippen LogP contribution in [0.3, 0.4) is 0 Å². The van der Waals surface area contributed by atoms with E-state index in [2.05, 4.69) is 20.3 Å². The molecule has 0 nitrogen and oxygen atoms in total. The van der Waals surface area contributed by atoms with E-state index in [-0.39, 0.29) is 38.8 Å². The average molecular weight is 209 g/mol. The summed E-state index contributed by atoms with van der Waals surface area (Å²) in [6, 6.07) is 0. The third-order valence-electron chi connectivity index (χ3n) is 1.51. The molecule has 1 atom stereocenters. The van der Waals surface area contributed by atoms with Crippen molar-refractivity contribution in [2.45, 2.75) is 13.8 Å². The van der Waals surface area contributed by atoms with Gasteiger partial charge in [-0.25, -0.2) is 0 Å². The van der Waals surface area contributed by atoms with Crippen molar-refractivity contribution in [3.8, 4) is 0 Å². The van der Waals surface area contributed by atoms with E-state index in [4.69, 9.17) is 1.37 Å². The Hall–Kier alpha value is 1.53. The van der Waals surface area contributed by atoms with E-state index in [1.165, 1.54) is 6.16 Å². The Morgan fingerprint density at radius 2 is 1.75 bits per heavy atom. The van der Waals surface area contributed by atoms with Crippen molar-refractivity contribution < 1.29 is 34.1 Å². The SMILES string of the molecule is [2H]C(C)[P+](C)(C)CC.[Y]. The first-order valence-electron chi connectivity index (χ1n) is 3.33. The molecule has 0 N–H and O–H groups in total. The molecule has 1 unspecified atom stereocenters. The molecule has 2 heteroatoms. The van der Waals surface area contributed by atoms with Gasteiger partial charge in [0.1, 0.15) is 0 Å². The van der Waals surface area contributed by atoms with Crippen LogP contribution in [0.5, 0.6) is 0 Å². The van der Waals surface area contributed by atoms with Crippen molar-refractivity contribution in [2.75, 3.05) is 25.6 Å². The van der Waals surface area contributed by atoms with Crippen molar-refractivity contribution in [3.63, 3.8) is 0 Å². The number of hydrogen-bond acceptors (Lipinski definition) is 0. The van der Waals surface area contributed by atoms with E-state index in [1.54, 1.807) is 0 Å². The average Bonchev–Trinajstić information content (AvgIpc) is 1.67. The summed E-state index contributed by atoms with van der Waals surface area (Å²) in [5.41, 5.74) is 0. The van der Waals surface area contributed by atoms with E-state index in [9.17, 15) is 0 Å². The summed E-state index contributed by atoms with van der Waals surface area (Å²) in [5.74, 6) is 0. The zero-order chi connectivity index (χ0) is 6.78. The van der Waals surface area contributed by atoms with Crippen LogP contribution in [0.4, 0.5) is 0 Å². The first-order valence-corrected chi connectivity index (χ1v) is 5.69. The van der Waals surface area contributed by atoms with E-state index in [0.29, 0.717) is 0 Å². The Kier molecular flexibility index (Phi) is 6.35. The summed E-state index contributed by atoms with van der Waals surface area (Å²) in [7, 11) is -0.829. The van der Waals surface area contributed by atoms with Gasteiger partial charge < -0.3 is 0 Å². The standard InChI is InChI=1S/C6H16P.Y/c1-5-7(3,4)6-2;/h5-6H2,1-4H3;/q+1;/i5D;. The van der Waals surface area contributed by atoms with Crippen molar-refractivity contribution in [1.29, 1.82) is 0 Å². The minimum Gasteiger partial charge on any atom is -0.0311 e. The van der Waals surface area contributed by atoms with Crippen LogP contribution in [0, 0.1) is 0 Å². The van der Waals surface area contributed by atoms with Gasteiger partial charge in [0.2, 0.25) is 0 Å². The van der Waals surface area contributed by atoms with E-state index in [1.807, 2.05) is 6.92 Å². The fourth-order valence-electron chi connectivity index (χ4n) is 0.183. The quantitative estimate of drug-likeness (QED) is 0.612. The zero-order valence-corrected chi connectivity index (χ0v) is 10.0. The predicted octanol–water partition coefficient (Wildman–Crippen LogP) is 2.30. The topological polar surface area (TPSA) is 0 Å². The molecule has 0 aromatic rings. The minimum absolute atomic E-state index is 0. The molecule has 0 spiro atoms. The molecule has 0 fully saturated rings. The second kappa shape index (κ2) is 5.33. The van der Waals surface area contributed by atoms with Gasteiger partial charge in [-0.05, 0) is 13.8 Å². The van der Waals surface area contributed by atoms with Gasteiger partial charge in [0.15, 0.2) is 0 Å². The smallest absolute Gasteiger partial charge is 0.0311 e. The molecule has 0 heterocycles. The van der Waals surface area contributed by atoms with Gasteiger partial charge in [-0.2, -0.15) is 0 Å².